The van der Waals surface area contributed by atoms with Crippen molar-refractivity contribution in [2.24, 2.45) is 0 Å². The highest BCUT2D eigenvalue weighted by molar-refractivity contribution is 6.31. The lowest BCUT2D eigenvalue weighted by Gasteiger charge is -2.33. The van der Waals surface area contributed by atoms with Crippen LogP contribution in [0.1, 0.15) is 24.2 Å². The van der Waals surface area contributed by atoms with Crippen molar-refractivity contribution in [1.82, 2.24) is 4.90 Å². The molecule has 0 saturated carbocycles. The zero-order valence-electron chi connectivity index (χ0n) is 10.4. The van der Waals surface area contributed by atoms with Crippen LogP contribution in [0.4, 0.5) is 0 Å². The van der Waals surface area contributed by atoms with Crippen LogP contribution in [0.2, 0.25) is 5.02 Å². The number of Topliss-reactive ketones (excluding diaryl/α,β-unsaturated/α-hetero) is 1. The average molecular weight is 256 g/mol. The number of ketones is 1. The van der Waals surface area contributed by atoms with Gasteiger partial charge in [0.1, 0.15) is 0 Å². The van der Waals surface area contributed by atoms with Crippen molar-refractivity contribution in [2.75, 3.05) is 20.2 Å². The van der Waals surface area contributed by atoms with Gasteiger partial charge in [-0.25, -0.2) is 0 Å². The minimum Gasteiger partial charge on any atom is -0.394 e. The van der Waals surface area contributed by atoms with Gasteiger partial charge in [0.05, 0.1) is 13.2 Å². The molecule has 1 aromatic rings. The molecule has 0 aromatic heterocycles. The lowest BCUT2D eigenvalue weighted by atomic mass is 10.0. The van der Waals surface area contributed by atoms with Crippen molar-refractivity contribution < 1.29 is 9.90 Å². The van der Waals surface area contributed by atoms with Crippen LogP contribution >= 0.6 is 11.6 Å². The Hall–Kier alpha value is -0.900. The largest absolute Gasteiger partial charge is 0.394 e. The number of carbonyl (C=O) groups is 1. The van der Waals surface area contributed by atoms with Crippen molar-refractivity contribution in [3.05, 3.63) is 34.9 Å². The smallest absolute Gasteiger partial charge is 0.176 e. The molecule has 0 radical (unpaired) electrons. The summed E-state index contributed by atoms with van der Waals surface area (Å²) in [7, 11) is 1.82. The van der Waals surface area contributed by atoms with E-state index in [4.69, 9.17) is 11.6 Å². The summed E-state index contributed by atoms with van der Waals surface area (Å²) < 4.78 is 0. The molecule has 0 atom stereocenters. The van der Waals surface area contributed by atoms with Crippen LogP contribution in [-0.4, -0.2) is 41.5 Å². The van der Waals surface area contributed by atoms with E-state index in [9.17, 15) is 9.90 Å². The van der Waals surface area contributed by atoms with Crippen LogP contribution < -0.4 is 0 Å². The number of rotatable bonds is 5. The van der Waals surface area contributed by atoms with Gasteiger partial charge >= 0.3 is 0 Å². The van der Waals surface area contributed by atoms with Crippen LogP contribution in [0.5, 0.6) is 0 Å². The minimum absolute atomic E-state index is 0.00322. The fraction of sp³-hybridized carbons (Fsp3) is 0.462. The summed E-state index contributed by atoms with van der Waals surface area (Å²) in [6.45, 7) is 4.04. The van der Waals surface area contributed by atoms with Gasteiger partial charge in [-0.05, 0) is 33.0 Å². The van der Waals surface area contributed by atoms with E-state index in [2.05, 4.69) is 0 Å². The van der Waals surface area contributed by atoms with Gasteiger partial charge in [0, 0.05) is 16.1 Å². The zero-order valence-corrected chi connectivity index (χ0v) is 11.2. The van der Waals surface area contributed by atoms with Gasteiger partial charge in [0.15, 0.2) is 5.78 Å². The number of likely N-dealkylation sites (N-methyl/N-ethyl adjacent to an activating group) is 1. The molecule has 0 unspecified atom stereocenters. The molecule has 0 fully saturated rings. The summed E-state index contributed by atoms with van der Waals surface area (Å²) in [5.74, 6) is -0.00322. The Morgan fingerprint density at radius 2 is 2.12 bits per heavy atom. The predicted octanol–water partition coefficient (Wildman–Crippen LogP) is 2.23. The fourth-order valence-corrected chi connectivity index (χ4v) is 1.49. The van der Waals surface area contributed by atoms with Gasteiger partial charge in [0.25, 0.3) is 0 Å². The molecule has 0 heterocycles. The van der Waals surface area contributed by atoms with E-state index >= 15 is 0 Å². The Kier molecular flexibility index (Phi) is 4.69. The van der Waals surface area contributed by atoms with Crippen molar-refractivity contribution in [3.63, 3.8) is 0 Å². The third-order valence-corrected chi connectivity index (χ3v) is 3.18. The van der Waals surface area contributed by atoms with Crippen molar-refractivity contribution in [1.29, 1.82) is 0 Å². The van der Waals surface area contributed by atoms with Crippen LogP contribution in [-0.2, 0) is 0 Å². The Balaban J connectivity index is 2.73. The standard InChI is InChI=1S/C13H18ClNO2/c1-13(2,9-16)15(3)8-12(17)10-5-4-6-11(14)7-10/h4-7,16H,8-9H2,1-3H3. The average Bonchev–Trinajstić information content (AvgIpc) is 2.28. The van der Waals surface area contributed by atoms with E-state index in [1.807, 2.05) is 25.8 Å². The molecule has 0 aliphatic heterocycles. The third-order valence-electron chi connectivity index (χ3n) is 2.95. The molecule has 0 spiro atoms. The fourth-order valence-electron chi connectivity index (χ4n) is 1.30. The molecule has 4 heteroatoms. The molecule has 1 rings (SSSR count). The number of nitrogens with zero attached hydrogens (tertiary/aromatic N) is 1. The topological polar surface area (TPSA) is 40.5 Å². The summed E-state index contributed by atoms with van der Waals surface area (Å²) in [5.41, 5.74) is 0.187. The number of hydrogen-bond acceptors (Lipinski definition) is 3. The van der Waals surface area contributed by atoms with Gasteiger partial charge < -0.3 is 5.11 Å². The second-order valence-corrected chi connectivity index (χ2v) is 5.20. The molecular weight excluding hydrogens is 238 g/mol. The summed E-state index contributed by atoms with van der Waals surface area (Å²) in [4.78, 5) is 13.8. The number of benzene rings is 1. The van der Waals surface area contributed by atoms with Crippen LogP contribution in [0.3, 0.4) is 0 Å². The number of aliphatic hydroxyl groups is 1. The predicted molar refractivity (Wildman–Crippen MR) is 69.6 cm³/mol. The highest BCUT2D eigenvalue weighted by atomic mass is 35.5. The molecular formula is C13H18ClNO2. The molecule has 17 heavy (non-hydrogen) atoms. The Labute approximate surface area is 107 Å². The normalized spacial score (nSPS) is 11.9. The zero-order chi connectivity index (χ0) is 13.1. The quantitative estimate of drug-likeness (QED) is 0.821. The first-order chi connectivity index (χ1) is 7.86. The van der Waals surface area contributed by atoms with E-state index in [-0.39, 0.29) is 18.9 Å². The Morgan fingerprint density at radius 1 is 1.47 bits per heavy atom. The molecule has 0 aliphatic carbocycles. The Morgan fingerprint density at radius 3 is 2.65 bits per heavy atom. The minimum atomic E-state index is -0.408. The van der Waals surface area contributed by atoms with Crippen LogP contribution in [0, 0.1) is 0 Å². The van der Waals surface area contributed by atoms with E-state index in [0.717, 1.165) is 0 Å². The molecule has 0 bridgehead atoms. The van der Waals surface area contributed by atoms with Crippen molar-refractivity contribution in [3.8, 4) is 0 Å². The van der Waals surface area contributed by atoms with E-state index < -0.39 is 5.54 Å². The second kappa shape index (κ2) is 5.63. The van der Waals surface area contributed by atoms with E-state index in [0.29, 0.717) is 10.6 Å². The maximum Gasteiger partial charge on any atom is 0.176 e. The Bertz CT molecular complexity index is 404. The summed E-state index contributed by atoms with van der Waals surface area (Å²) in [5, 5.41) is 9.77. The molecule has 0 aliphatic rings. The number of halogens is 1. The van der Waals surface area contributed by atoms with E-state index in [1.54, 1.807) is 24.3 Å². The molecule has 3 nitrogen and oxygen atoms in total. The number of hydrogen-bond donors (Lipinski definition) is 1. The molecule has 0 saturated heterocycles. The van der Waals surface area contributed by atoms with Gasteiger partial charge in [0.2, 0.25) is 0 Å². The SMILES string of the molecule is CN(CC(=O)c1cccc(Cl)c1)C(C)(C)CO. The van der Waals surface area contributed by atoms with E-state index in [1.165, 1.54) is 0 Å². The molecule has 0 amide bonds. The lowest BCUT2D eigenvalue weighted by molar-refractivity contribution is 0.0659. The first-order valence-corrected chi connectivity index (χ1v) is 5.85. The van der Waals surface area contributed by atoms with Crippen molar-refractivity contribution >= 4 is 17.4 Å². The summed E-state index contributed by atoms with van der Waals surface area (Å²) >= 11 is 5.84. The highest BCUT2D eigenvalue weighted by Gasteiger charge is 2.24. The third kappa shape index (κ3) is 3.80. The number of aliphatic hydroxyl groups excluding tert-OH is 1. The maximum atomic E-state index is 12.0. The van der Waals surface area contributed by atoms with Gasteiger partial charge in [-0.2, -0.15) is 0 Å². The summed E-state index contributed by atoms with van der Waals surface area (Å²) in [6, 6.07) is 6.89. The van der Waals surface area contributed by atoms with Gasteiger partial charge in [-0.15, -0.1) is 0 Å². The highest BCUT2D eigenvalue weighted by Crippen LogP contribution is 2.14. The maximum absolute atomic E-state index is 12.0. The van der Waals surface area contributed by atoms with Crippen LogP contribution in [0.25, 0.3) is 0 Å². The van der Waals surface area contributed by atoms with Crippen molar-refractivity contribution in [2.45, 2.75) is 19.4 Å². The van der Waals surface area contributed by atoms with Gasteiger partial charge in [-0.3, -0.25) is 9.69 Å². The summed E-state index contributed by atoms with van der Waals surface area (Å²) in [6.07, 6.45) is 0. The number of carbonyl (C=O) groups excluding carboxylic acids is 1. The first-order valence-electron chi connectivity index (χ1n) is 5.47. The second-order valence-electron chi connectivity index (χ2n) is 4.76. The van der Waals surface area contributed by atoms with Gasteiger partial charge in [-0.1, -0.05) is 23.7 Å². The molecule has 1 N–H and O–H groups in total. The molecule has 1 aromatic carbocycles. The first kappa shape index (κ1) is 14.2. The van der Waals surface area contributed by atoms with Crippen LogP contribution in [0.15, 0.2) is 24.3 Å². The lowest BCUT2D eigenvalue weighted by Crippen LogP contribution is -2.46. The molecule has 94 valence electrons. The monoisotopic (exact) mass is 255 g/mol.